The molecule has 6 nitrogen and oxygen atoms in total. The molecular weight excluding hydrogens is 378 g/mol. The molecule has 1 atom stereocenters. The molecular formula is C18H26ClNO5S. The number of hydrogen-bond acceptors (Lipinski definition) is 5. The van der Waals surface area contributed by atoms with Crippen LogP contribution in [0.5, 0.6) is 5.75 Å². The second kappa shape index (κ2) is 7.02. The minimum atomic E-state index is -3.99. The van der Waals surface area contributed by atoms with Crippen molar-refractivity contribution in [3.05, 3.63) is 17.2 Å². The van der Waals surface area contributed by atoms with E-state index in [1.807, 2.05) is 0 Å². The number of carbonyl (C=O) groups is 1. The highest BCUT2D eigenvalue weighted by atomic mass is 35.5. The number of phenols is 1. The molecule has 8 heteroatoms. The maximum atomic E-state index is 13.3. The number of halogens is 1. The fourth-order valence-electron chi connectivity index (χ4n) is 2.78. The van der Waals surface area contributed by atoms with Crippen LogP contribution in [0.4, 0.5) is 5.69 Å². The number of carbonyl (C=O) groups excluding carboxylic acids is 1. The van der Waals surface area contributed by atoms with Crippen LogP contribution in [0, 0.1) is 11.3 Å². The van der Waals surface area contributed by atoms with E-state index in [9.17, 15) is 18.3 Å². The molecule has 0 aromatic heterocycles. The van der Waals surface area contributed by atoms with Crippen molar-refractivity contribution >= 4 is 33.0 Å². The number of ether oxygens (including phenoxy) is 1. The molecule has 1 saturated heterocycles. The summed E-state index contributed by atoms with van der Waals surface area (Å²) in [6, 6.07) is 2.76. The maximum absolute atomic E-state index is 13.3. The van der Waals surface area contributed by atoms with Gasteiger partial charge in [-0.1, -0.05) is 32.4 Å². The summed E-state index contributed by atoms with van der Waals surface area (Å²) in [5, 5.41) is 13.1. The van der Waals surface area contributed by atoms with Crippen molar-refractivity contribution in [2.75, 3.05) is 18.5 Å². The lowest BCUT2D eigenvalue weighted by atomic mass is 9.94. The molecule has 0 spiro atoms. The first-order chi connectivity index (χ1) is 11.8. The van der Waals surface area contributed by atoms with Gasteiger partial charge in [-0.25, -0.2) is 8.42 Å². The largest absolute Gasteiger partial charge is 0.504 e. The molecule has 0 radical (unpaired) electrons. The van der Waals surface area contributed by atoms with Crippen molar-refractivity contribution in [2.45, 2.75) is 50.7 Å². The molecule has 0 unspecified atom stereocenters. The van der Waals surface area contributed by atoms with E-state index < -0.39 is 25.7 Å². The molecule has 0 aliphatic carbocycles. The Bertz CT molecular complexity index is 806. The van der Waals surface area contributed by atoms with E-state index in [-0.39, 0.29) is 27.4 Å². The van der Waals surface area contributed by atoms with Gasteiger partial charge in [-0.3, -0.25) is 4.79 Å². The number of phenolic OH excluding ortho intramolecular Hbond substituents is 1. The normalized spacial score (nSPS) is 18.8. The van der Waals surface area contributed by atoms with Crippen LogP contribution in [0.15, 0.2) is 17.0 Å². The van der Waals surface area contributed by atoms with Crippen LogP contribution >= 0.6 is 11.6 Å². The molecule has 0 bridgehead atoms. The second-order valence-electron chi connectivity index (χ2n) is 8.14. The highest BCUT2D eigenvalue weighted by molar-refractivity contribution is 7.93. The third kappa shape index (κ3) is 3.70. The van der Waals surface area contributed by atoms with Crippen molar-refractivity contribution < 1.29 is 23.1 Å². The summed E-state index contributed by atoms with van der Waals surface area (Å²) in [5.41, 5.74) is -0.683. The number of amides is 1. The van der Waals surface area contributed by atoms with E-state index in [0.29, 0.717) is 19.6 Å². The molecule has 26 heavy (non-hydrogen) atoms. The fraction of sp³-hybridized carbons (Fsp3) is 0.611. The fourth-order valence-corrected chi connectivity index (χ4v) is 5.08. The average Bonchev–Trinajstić information content (AvgIpc) is 3.03. The zero-order valence-electron chi connectivity index (χ0n) is 15.7. The van der Waals surface area contributed by atoms with Gasteiger partial charge in [-0.2, -0.15) is 0 Å². The van der Waals surface area contributed by atoms with Crippen LogP contribution in [0.25, 0.3) is 0 Å². The van der Waals surface area contributed by atoms with Gasteiger partial charge >= 0.3 is 0 Å². The Morgan fingerprint density at radius 3 is 2.38 bits per heavy atom. The number of sulfone groups is 1. The van der Waals surface area contributed by atoms with Gasteiger partial charge in [0.25, 0.3) is 0 Å². The quantitative estimate of drug-likeness (QED) is 0.749. The predicted octanol–water partition coefficient (Wildman–Crippen LogP) is 3.62. The molecule has 1 fully saturated rings. The van der Waals surface area contributed by atoms with Crippen LogP contribution in [-0.4, -0.2) is 37.4 Å². The molecule has 0 saturated carbocycles. The van der Waals surface area contributed by atoms with Gasteiger partial charge in [-0.15, -0.1) is 0 Å². The molecule has 1 heterocycles. The summed E-state index contributed by atoms with van der Waals surface area (Å²) in [6.45, 7) is 9.22. The van der Waals surface area contributed by atoms with Gasteiger partial charge in [0.05, 0.1) is 22.1 Å². The van der Waals surface area contributed by atoms with Crippen molar-refractivity contribution in [2.24, 2.45) is 11.3 Å². The Morgan fingerprint density at radius 2 is 1.88 bits per heavy atom. The zero-order chi connectivity index (χ0) is 19.9. The summed E-state index contributed by atoms with van der Waals surface area (Å²) >= 11 is 6.14. The van der Waals surface area contributed by atoms with E-state index >= 15 is 0 Å². The SMILES string of the molecule is CC(C)(C)C(=O)Nc1ccc(Cl)c(S(=O)(=O)C(C)(C)[C@H]2CCOC2)c1O. The topological polar surface area (TPSA) is 92.7 Å². The minimum absolute atomic E-state index is 0.0198. The third-order valence-corrected chi connectivity index (χ3v) is 7.98. The predicted molar refractivity (Wildman–Crippen MR) is 101 cm³/mol. The summed E-state index contributed by atoms with van der Waals surface area (Å²) in [7, 11) is -3.99. The zero-order valence-corrected chi connectivity index (χ0v) is 17.3. The van der Waals surface area contributed by atoms with Gasteiger partial charge < -0.3 is 15.2 Å². The molecule has 2 rings (SSSR count). The van der Waals surface area contributed by atoms with Crippen molar-refractivity contribution in [3.63, 3.8) is 0 Å². The van der Waals surface area contributed by atoms with Gasteiger partial charge in [0.15, 0.2) is 15.6 Å². The first-order valence-corrected chi connectivity index (χ1v) is 10.3. The highest BCUT2D eigenvalue weighted by Gasteiger charge is 2.46. The van der Waals surface area contributed by atoms with Crippen molar-refractivity contribution in [1.29, 1.82) is 0 Å². The number of hydrogen-bond donors (Lipinski definition) is 2. The van der Waals surface area contributed by atoms with Crippen LogP contribution in [0.3, 0.4) is 0 Å². The van der Waals surface area contributed by atoms with E-state index in [4.69, 9.17) is 16.3 Å². The Balaban J connectivity index is 2.52. The number of nitrogens with one attached hydrogen (secondary N) is 1. The van der Waals surface area contributed by atoms with Crippen LogP contribution in [0.1, 0.15) is 41.0 Å². The van der Waals surface area contributed by atoms with Crippen LogP contribution in [0.2, 0.25) is 5.02 Å². The van der Waals surface area contributed by atoms with E-state index in [1.165, 1.54) is 12.1 Å². The molecule has 1 amide bonds. The van der Waals surface area contributed by atoms with E-state index in [1.54, 1.807) is 34.6 Å². The monoisotopic (exact) mass is 403 g/mol. The second-order valence-corrected chi connectivity index (χ2v) is 11.0. The Hall–Kier alpha value is -1.31. The first kappa shape index (κ1) is 21.0. The van der Waals surface area contributed by atoms with Crippen molar-refractivity contribution in [1.82, 2.24) is 0 Å². The number of anilines is 1. The van der Waals surface area contributed by atoms with E-state index in [0.717, 1.165) is 0 Å². The number of rotatable bonds is 4. The standard InChI is InChI=1S/C18H26ClNO5S/c1-17(2,3)16(22)20-13-7-6-12(19)15(14(13)21)26(23,24)18(4,5)11-8-9-25-10-11/h6-7,11,21H,8-10H2,1-5H3,(H,20,22)/t11-/m0/s1. The smallest absolute Gasteiger partial charge is 0.229 e. The molecule has 2 N–H and O–H groups in total. The van der Waals surface area contributed by atoms with E-state index in [2.05, 4.69) is 5.32 Å². The molecule has 1 aliphatic rings. The molecule has 1 aromatic carbocycles. The molecule has 1 aromatic rings. The van der Waals surface area contributed by atoms with Crippen LogP contribution in [-0.2, 0) is 19.4 Å². The summed E-state index contributed by atoms with van der Waals surface area (Å²) in [4.78, 5) is 11.9. The van der Waals surface area contributed by atoms with Gasteiger partial charge in [0, 0.05) is 17.9 Å². The molecule has 146 valence electrons. The third-order valence-electron chi connectivity index (χ3n) is 4.89. The summed E-state index contributed by atoms with van der Waals surface area (Å²) in [6.07, 6.45) is 0.616. The van der Waals surface area contributed by atoms with Crippen molar-refractivity contribution in [3.8, 4) is 5.75 Å². The molecule has 1 aliphatic heterocycles. The van der Waals surface area contributed by atoms with Gasteiger partial charge in [-0.05, 0) is 32.4 Å². The Kier molecular flexibility index (Phi) is 5.67. The number of benzene rings is 1. The lowest BCUT2D eigenvalue weighted by molar-refractivity contribution is -0.123. The highest BCUT2D eigenvalue weighted by Crippen LogP contribution is 2.45. The van der Waals surface area contributed by atoms with Gasteiger partial charge in [0.1, 0.15) is 4.90 Å². The summed E-state index contributed by atoms with van der Waals surface area (Å²) < 4.78 is 30.8. The number of aromatic hydroxyl groups is 1. The van der Waals surface area contributed by atoms with Gasteiger partial charge in [0.2, 0.25) is 5.91 Å². The maximum Gasteiger partial charge on any atom is 0.229 e. The lowest BCUT2D eigenvalue weighted by Gasteiger charge is -2.31. The lowest BCUT2D eigenvalue weighted by Crippen LogP contribution is -2.40. The minimum Gasteiger partial charge on any atom is -0.504 e. The average molecular weight is 404 g/mol. The summed E-state index contributed by atoms with van der Waals surface area (Å²) in [5.74, 6) is -1.10. The Labute approximate surface area is 159 Å². The Morgan fingerprint density at radius 1 is 1.27 bits per heavy atom. The van der Waals surface area contributed by atoms with Crippen LogP contribution < -0.4 is 5.32 Å². The first-order valence-electron chi connectivity index (χ1n) is 8.45.